The molecule has 0 aromatic carbocycles. The summed E-state index contributed by atoms with van der Waals surface area (Å²) < 4.78 is 0. The highest BCUT2D eigenvalue weighted by Gasteiger charge is 2.35. The third-order valence-electron chi connectivity index (χ3n) is 3.33. The maximum Gasteiger partial charge on any atom is 0.242 e. The summed E-state index contributed by atoms with van der Waals surface area (Å²) in [5.74, 6) is 0.207. The number of carbonyl (C=O) groups excluding carboxylic acids is 1. The lowest BCUT2D eigenvalue weighted by molar-refractivity contribution is -0.131. The van der Waals surface area contributed by atoms with Crippen LogP contribution in [0.5, 0.6) is 0 Å². The Morgan fingerprint density at radius 1 is 1.35 bits per heavy atom. The summed E-state index contributed by atoms with van der Waals surface area (Å²) in [6.45, 7) is 2.06. The van der Waals surface area contributed by atoms with Crippen molar-refractivity contribution >= 4 is 23.2 Å². The molecule has 1 saturated heterocycles. The van der Waals surface area contributed by atoms with Gasteiger partial charge in [-0.05, 0) is 25.0 Å². The molecule has 0 radical (unpaired) electrons. The minimum atomic E-state index is 0.207. The summed E-state index contributed by atoms with van der Waals surface area (Å²) in [6.07, 6.45) is 3.99. The van der Waals surface area contributed by atoms with Crippen molar-refractivity contribution in [2.75, 3.05) is 24.5 Å². The molecule has 2 fully saturated rings. The number of rotatable bonds is 2. The molecule has 1 aliphatic heterocycles. The first-order valence-electron chi connectivity index (χ1n) is 5.90. The Labute approximate surface area is 105 Å². The lowest BCUT2D eigenvalue weighted by atomic mass is 10.2. The van der Waals surface area contributed by atoms with E-state index < -0.39 is 0 Å². The molecule has 0 atom stereocenters. The van der Waals surface area contributed by atoms with E-state index in [2.05, 4.69) is 4.98 Å². The predicted molar refractivity (Wildman–Crippen MR) is 66.2 cm³/mol. The minimum absolute atomic E-state index is 0.207. The molecule has 1 aromatic heterocycles. The van der Waals surface area contributed by atoms with Crippen LogP contribution in [0.1, 0.15) is 12.8 Å². The standard InChI is InChI=1S/C12H14ClN3O/c13-12-10(2-1-5-14-12)15-6-7-16(9-3-4-9)11(17)8-15/h1-2,5,9H,3-4,6-8H2. The van der Waals surface area contributed by atoms with E-state index in [-0.39, 0.29) is 5.91 Å². The van der Waals surface area contributed by atoms with E-state index in [1.807, 2.05) is 21.9 Å². The third kappa shape index (κ3) is 2.09. The van der Waals surface area contributed by atoms with Gasteiger partial charge in [-0.2, -0.15) is 0 Å². The molecule has 1 aliphatic carbocycles. The fraction of sp³-hybridized carbons (Fsp3) is 0.500. The molecular formula is C12H14ClN3O. The molecule has 5 heteroatoms. The maximum atomic E-state index is 12.0. The van der Waals surface area contributed by atoms with Crippen LogP contribution in [-0.4, -0.2) is 41.5 Å². The summed E-state index contributed by atoms with van der Waals surface area (Å²) in [4.78, 5) is 20.0. The number of hydrogen-bond acceptors (Lipinski definition) is 3. The number of nitrogens with zero attached hydrogens (tertiary/aromatic N) is 3. The number of halogens is 1. The van der Waals surface area contributed by atoms with Gasteiger partial charge in [0.1, 0.15) is 0 Å². The number of anilines is 1. The van der Waals surface area contributed by atoms with Crippen molar-refractivity contribution in [1.29, 1.82) is 0 Å². The van der Waals surface area contributed by atoms with Crippen molar-refractivity contribution in [2.45, 2.75) is 18.9 Å². The summed E-state index contributed by atoms with van der Waals surface area (Å²) in [6, 6.07) is 4.27. The van der Waals surface area contributed by atoms with E-state index in [0.29, 0.717) is 17.7 Å². The Bertz CT molecular complexity index is 447. The van der Waals surface area contributed by atoms with Crippen LogP contribution in [0.3, 0.4) is 0 Å². The molecule has 0 unspecified atom stereocenters. The van der Waals surface area contributed by atoms with Crippen LogP contribution in [0.4, 0.5) is 5.69 Å². The molecule has 90 valence electrons. The Balaban J connectivity index is 1.75. The topological polar surface area (TPSA) is 36.4 Å². The second-order valence-electron chi connectivity index (χ2n) is 4.55. The van der Waals surface area contributed by atoms with E-state index in [4.69, 9.17) is 11.6 Å². The molecule has 1 saturated carbocycles. The van der Waals surface area contributed by atoms with Gasteiger partial charge in [0.05, 0.1) is 12.2 Å². The van der Waals surface area contributed by atoms with E-state index in [0.717, 1.165) is 18.8 Å². The van der Waals surface area contributed by atoms with E-state index >= 15 is 0 Å². The predicted octanol–water partition coefficient (Wildman–Crippen LogP) is 1.55. The lowest BCUT2D eigenvalue weighted by Gasteiger charge is -2.35. The van der Waals surface area contributed by atoms with Crippen LogP contribution in [-0.2, 0) is 4.79 Å². The van der Waals surface area contributed by atoms with Gasteiger partial charge in [-0.1, -0.05) is 11.6 Å². The van der Waals surface area contributed by atoms with E-state index in [9.17, 15) is 4.79 Å². The molecule has 2 heterocycles. The van der Waals surface area contributed by atoms with E-state index in [1.54, 1.807) is 6.20 Å². The third-order valence-corrected chi connectivity index (χ3v) is 3.62. The minimum Gasteiger partial charge on any atom is -0.358 e. The van der Waals surface area contributed by atoms with Gasteiger partial charge in [0, 0.05) is 25.3 Å². The van der Waals surface area contributed by atoms with Gasteiger partial charge >= 0.3 is 0 Å². The Hall–Kier alpha value is -1.29. The fourth-order valence-electron chi connectivity index (χ4n) is 2.28. The van der Waals surface area contributed by atoms with Crippen molar-refractivity contribution in [3.8, 4) is 0 Å². The highest BCUT2D eigenvalue weighted by molar-refractivity contribution is 6.32. The van der Waals surface area contributed by atoms with Crippen LogP contribution >= 0.6 is 11.6 Å². The average molecular weight is 252 g/mol. The van der Waals surface area contributed by atoms with Crippen LogP contribution < -0.4 is 4.90 Å². The molecule has 2 aliphatic rings. The summed E-state index contributed by atoms with van der Waals surface area (Å²) in [5.41, 5.74) is 0.859. The van der Waals surface area contributed by atoms with Gasteiger partial charge in [0.25, 0.3) is 0 Å². The van der Waals surface area contributed by atoms with Gasteiger partial charge in [-0.15, -0.1) is 0 Å². The molecule has 0 bridgehead atoms. The number of hydrogen-bond donors (Lipinski definition) is 0. The molecule has 1 amide bonds. The smallest absolute Gasteiger partial charge is 0.242 e. The van der Waals surface area contributed by atoms with Crippen molar-refractivity contribution < 1.29 is 4.79 Å². The van der Waals surface area contributed by atoms with Crippen LogP contribution in [0, 0.1) is 0 Å². The zero-order chi connectivity index (χ0) is 11.8. The molecule has 3 rings (SSSR count). The Kier molecular flexibility index (Phi) is 2.67. The van der Waals surface area contributed by atoms with Gasteiger partial charge in [-0.25, -0.2) is 4.98 Å². The quantitative estimate of drug-likeness (QED) is 0.749. The molecule has 0 spiro atoms. The summed E-state index contributed by atoms with van der Waals surface area (Å²) >= 11 is 6.04. The van der Waals surface area contributed by atoms with Crippen molar-refractivity contribution in [3.63, 3.8) is 0 Å². The highest BCUT2D eigenvalue weighted by Crippen LogP contribution is 2.30. The second-order valence-corrected chi connectivity index (χ2v) is 4.91. The number of aromatic nitrogens is 1. The molecule has 17 heavy (non-hydrogen) atoms. The Morgan fingerprint density at radius 2 is 2.18 bits per heavy atom. The van der Waals surface area contributed by atoms with Crippen LogP contribution in [0.2, 0.25) is 5.15 Å². The highest BCUT2D eigenvalue weighted by atomic mass is 35.5. The molecule has 1 aromatic rings. The van der Waals surface area contributed by atoms with Crippen molar-refractivity contribution in [3.05, 3.63) is 23.5 Å². The second kappa shape index (κ2) is 4.18. The Morgan fingerprint density at radius 3 is 2.82 bits per heavy atom. The molecule has 0 N–H and O–H groups in total. The number of carbonyl (C=O) groups is 1. The zero-order valence-electron chi connectivity index (χ0n) is 9.47. The number of pyridine rings is 1. The number of piperazine rings is 1. The van der Waals surface area contributed by atoms with Crippen LogP contribution in [0.25, 0.3) is 0 Å². The average Bonchev–Trinajstić information content (AvgIpc) is 3.13. The van der Waals surface area contributed by atoms with Gasteiger partial charge in [0.2, 0.25) is 5.91 Å². The maximum absolute atomic E-state index is 12.0. The monoisotopic (exact) mass is 251 g/mol. The van der Waals surface area contributed by atoms with Crippen molar-refractivity contribution in [1.82, 2.24) is 9.88 Å². The zero-order valence-corrected chi connectivity index (χ0v) is 10.2. The lowest BCUT2D eigenvalue weighted by Crippen LogP contribution is -2.51. The first kappa shape index (κ1) is 10.8. The largest absolute Gasteiger partial charge is 0.358 e. The van der Waals surface area contributed by atoms with Gasteiger partial charge in [0.15, 0.2) is 5.15 Å². The summed E-state index contributed by atoms with van der Waals surface area (Å²) in [7, 11) is 0. The SMILES string of the molecule is O=C1CN(c2cccnc2Cl)CCN1C1CC1. The first-order chi connectivity index (χ1) is 8.25. The molecule has 4 nitrogen and oxygen atoms in total. The van der Waals surface area contributed by atoms with Crippen LogP contribution in [0.15, 0.2) is 18.3 Å². The summed E-state index contributed by atoms with van der Waals surface area (Å²) in [5, 5.41) is 0.472. The fourth-order valence-corrected chi connectivity index (χ4v) is 2.52. The van der Waals surface area contributed by atoms with Crippen molar-refractivity contribution in [2.24, 2.45) is 0 Å². The molecular weight excluding hydrogens is 238 g/mol. The van der Waals surface area contributed by atoms with E-state index in [1.165, 1.54) is 12.8 Å². The van der Waals surface area contributed by atoms with Gasteiger partial charge in [-0.3, -0.25) is 4.79 Å². The first-order valence-corrected chi connectivity index (χ1v) is 6.28. The normalized spacial score (nSPS) is 20.9. The van der Waals surface area contributed by atoms with Gasteiger partial charge < -0.3 is 9.80 Å². The number of amides is 1.